The minimum absolute atomic E-state index is 0. The van der Waals surface area contributed by atoms with Crippen LogP contribution in [0.5, 0.6) is 5.75 Å². The zero-order valence-corrected chi connectivity index (χ0v) is 17.2. The van der Waals surface area contributed by atoms with Gasteiger partial charge in [-0.3, -0.25) is 14.4 Å². The van der Waals surface area contributed by atoms with Crippen molar-refractivity contribution in [1.82, 2.24) is 9.80 Å². The maximum atomic E-state index is 12.1. The second-order valence-electron chi connectivity index (χ2n) is 6.98. The van der Waals surface area contributed by atoms with Crippen molar-refractivity contribution in [2.75, 3.05) is 40.1 Å². The van der Waals surface area contributed by atoms with Gasteiger partial charge in [-0.25, -0.2) is 0 Å². The molecule has 1 amide bonds. The molecule has 0 saturated heterocycles. The Kier molecular flexibility index (Phi) is 8.30. The van der Waals surface area contributed by atoms with E-state index < -0.39 is 10.9 Å². The van der Waals surface area contributed by atoms with Gasteiger partial charge < -0.3 is 25.5 Å². The molecule has 2 aromatic carbocycles. The van der Waals surface area contributed by atoms with Crippen molar-refractivity contribution < 1.29 is 28.8 Å². The maximum Gasteiger partial charge on any atom is 1.00 e. The van der Waals surface area contributed by atoms with E-state index in [0.29, 0.717) is 0 Å². The van der Waals surface area contributed by atoms with Crippen LogP contribution in [0.1, 0.15) is 23.7 Å². The fraction of sp³-hybridized carbons (Fsp3) is 0.421. The molecule has 0 aliphatic rings. The minimum Gasteiger partial charge on any atom is -0.677 e. The molecule has 28 heavy (non-hydrogen) atoms. The van der Waals surface area contributed by atoms with Crippen LogP contribution in [0, 0.1) is 0 Å². The molecule has 2 N–H and O–H groups in total. The molecule has 146 valence electrons. The van der Waals surface area contributed by atoms with Gasteiger partial charge >= 0.3 is 18.9 Å². The minimum atomic E-state index is -0.683. The van der Waals surface area contributed by atoms with E-state index in [1.165, 1.54) is 17.0 Å². The van der Waals surface area contributed by atoms with E-state index in [-0.39, 0.29) is 59.2 Å². The number of hydrogen-bond acceptors (Lipinski definition) is 6. The molecule has 0 saturated carbocycles. The third-order valence-electron chi connectivity index (χ3n) is 4.16. The van der Waals surface area contributed by atoms with Gasteiger partial charge in [0.15, 0.2) is 5.75 Å². The zero-order valence-electron chi connectivity index (χ0n) is 17.2. The van der Waals surface area contributed by atoms with Gasteiger partial charge in [0.2, 0.25) is 10.9 Å². The molecule has 0 aliphatic carbocycles. The summed E-state index contributed by atoms with van der Waals surface area (Å²) in [4.78, 5) is 39.3. The summed E-state index contributed by atoms with van der Waals surface area (Å²) in [6.45, 7) is 2.68. The number of carbonyl (C=O) groups excluding carboxylic acids is 1. The number of benzene rings is 1. The molecule has 0 aromatic heterocycles. The van der Waals surface area contributed by atoms with E-state index in [2.05, 4.69) is 10.6 Å². The van der Waals surface area contributed by atoms with Crippen LogP contribution < -0.4 is 35.0 Å². The summed E-state index contributed by atoms with van der Waals surface area (Å²) in [5.74, 6) is -0.654. The molecule has 1 unspecified atom stereocenters. The SMILES string of the molecule is CC(CCN(C)C)[N-]c1c(Nc2cccc(C(=O)N(C)C)c2O)c(=O)c1=O.[Li+]. The Hall–Kier alpha value is -2.27. The first-order valence-electron chi connectivity index (χ1n) is 8.63. The van der Waals surface area contributed by atoms with Gasteiger partial charge in [0.1, 0.15) is 0 Å². The third-order valence-corrected chi connectivity index (χ3v) is 4.16. The molecule has 0 radical (unpaired) electrons. The summed E-state index contributed by atoms with van der Waals surface area (Å²) < 4.78 is 0. The van der Waals surface area contributed by atoms with Crippen molar-refractivity contribution in [2.45, 2.75) is 19.4 Å². The fourth-order valence-corrected chi connectivity index (χ4v) is 2.54. The summed E-state index contributed by atoms with van der Waals surface area (Å²) in [5.41, 5.74) is -0.934. The Balaban J connectivity index is 0.00000392. The summed E-state index contributed by atoms with van der Waals surface area (Å²) in [6.07, 6.45) is 0.739. The second-order valence-corrected chi connectivity index (χ2v) is 6.98. The molecule has 1 atom stereocenters. The van der Waals surface area contributed by atoms with E-state index in [1.54, 1.807) is 20.2 Å². The van der Waals surface area contributed by atoms with Crippen molar-refractivity contribution in [3.05, 3.63) is 49.5 Å². The number of aromatic hydroxyl groups is 1. The van der Waals surface area contributed by atoms with Crippen molar-refractivity contribution in [2.24, 2.45) is 0 Å². The van der Waals surface area contributed by atoms with E-state index in [9.17, 15) is 19.5 Å². The molecule has 2 rings (SSSR count). The number of anilines is 2. The summed E-state index contributed by atoms with van der Waals surface area (Å²) in [5, 5.41) is 17.5. The number of para-hydroxylation sites is 1. The Bertz CT molecular complexity index is 904. The predicted octanol–water partition coefficient (Wildman–Crippen LogP) is -1.22. The Morgan fingerprint density at radius 3 is 2.39 bits per heavy atom. The predicted molar refractivity (Wildman–Crippen MR) is 106 cm³/mol. The number of hydrogen-bond donors (Lipinski definition) is 2. The van der Waals surface area contributed by atoms with Crippen LogP contribution in [0.25, 0.3) is 5.32 Å². The molecule has 9 heteroatoms. The van der Waals surface area contributed by atoms with Crippen molar-refractivity contribution in [1.29, 1.82) is 0 Å². The normalized spacial score (nSPS) is 11.8. The van der Waals surface area contributed by atoms with E-state index >= 15 is 0 Å². The number of carbonyl (C=O) groups is 1. The van der Waals surface area contributed by atoms with Crippen LogP contribution in [0.2, 0.25) is 0 Å². The Labute approximate surface area is 176 Å². The van der Waals surface area contributed by atoms with Crippen LogP contribution in [-0.4, -0.2) is 61.6 Å². The average molecular weight is 380 g/mol. The van der Waals surface area contributed by atoms with Gasteiger partial charge in [0, 0.05) is 14.1 Å². The first kappa shape index (κ1) is 23.8. The number of phenolic OH excluding ortho intramolecular Hbond substituents is 1. The molecule has 0 spiro atoms. The fourth-order valence-electron chi connectivity index (χ4n) is 2.54. The number of amides is 1. The van der Waals surface area contributed by atoms with Gasteiger partial charge in [-0.1, -0.05) is 25.1 Å². The van der Waals surface area contributed by atoms with E-state index in [0.717, 1.165) is 13.0 Å². The van der Waals surface area contributed by atoms with Gasteiger partial charge in [0.05, 0.1) is 16.9 Å². The molecule has 0 fully saturated rings. The molecule has 0 bridgehead atoms. The van der Waals surface area contributed by atoms with Crippen molar-refractivity contribution in [3.8, 4) is 5.75 Å². The topological polar surface area (TPSA) is 104 Å². The monoisotopic (exact) mass is 380 g/mol. The quantitative estimate of drug-likeness (QED) is 0.338. The van der Waals surface area contributed by atoms with Crippen molar-refractivity contribution in [3.63, 3.8) is 0 Å². The largest absolute Gasteiger partial charge is 1.00 e. The molecule has 2 aromatic rings. The first-order valence-corrected chi connectivity index (χ1v) is 8.63. The van der Waals surface area contributed by atoms with Gasteiger partial charge in [-0.05, 0) is 32.8 Å². The molecular weight excluding hydrogens is 355 g/mol. The average Bonchev–Trinajstić information content (AvgIpc) is 2.62. The molecule has 0 heterocycles. The Morgan fingerprint density at radius 1 is 1.18 bits per heavy atom. The summed E-state index contributed by atoms with van der Waals surface area (Å²) in [7, 11) is 7.04. The molecule has 0 aliphatic heterocycles. The third kappa shape index (κ3) is 5.16. The van der Waals surface area contributed by atoms with Crippen LogP contribution >= 0.6 is 0 Å². The van der Waals surface area contributed by atoms with E-state index in [1.807, 2.05) is 25.9 Å². The van der Waals surface area contributed by atoms with Crippen LogP contribution in [0.15, 0.2) is 27.8 Å². The number of phenols is 1. The van der Waals surface area contributed by atoms with Crippen LogP contribution in [0.4, 0.5) is 17.1 Å². The van der Waals surface area contributed by atoms with E-state index in [4.69, 9.17) is 0 Å². The van der Waals surface area contributed by atoms with Crippen LogP contribution in [-0.2, 0) is 0 Å². The molecular formula is C19H25LiN4O4. The van der Waals surface area contributed by atoms with Gasteiger partial charge in [0.25, 0.3) is 5.91 Å². The summed E-state index contributed by atoms with van der Waals surface area (Å²) in [6, 6.07) is 4.46. The number of nitrogens with one attached hydrogen (secondary N) is 1. The first-order chi connectivity index (χ1) is 12.6. The Morgan fingerprint density at radius 2 is 1.82 bits per heavy atom. The standard InChI is InChI=1S/C19H26N4O4.Li/c1-11(9-10-22(2)3)20-14-15(18(26)17(14)25)21-13-8-6-7-12(16(13)24)19(27)23(4)5;/h6-8,11H,9-10H2,1-5H3,(H3,20,21,24,25,26,27);/q;+1/p-1. The number of nitrogens with zero attached hydrogens (tertiary/aromatic N) is 3. The van der Waals surface area contributed by atoms with Gasteiger partial charge in [-0.15, -0.1) is 6.04 Å². The second kappa shape index (κ2) is 9.78. The molecule has 8 nitrogen and oxygen atoms in total. The zero-order chi connectivity index (χ0) is 20.3. The van der Waals surface area contributed by atoms with Crippen molar-refractivity contribution >= 4 is 23.0 Å². The smallest absolute Gasteiger partial charge is 0.677 e. The summed E-state index contributed by atoms with van der Waals surface area (Å²) >= 11 is 0. The van der Waals surface area contributed by atoms with Gasteiger partial charge in [-0.2, -0.15) is 0 Å². The maximum absolute atomic E-state index is 12.1. The van der Waals surface area contributed by atoms with Crippen LogP contribution in [0.3, 0.4) is 0 Å². The number of rotatable bonds is 8.